The maximum atomic E-state index is 8.86. The molecule has 2 rings (SSSR count). The highest BCUT2D eigenvalue weighted by Gasteiger charge is 2.15. The number of hydrogen-bond acceptors (Lipinski definition) is 3. The molecule has 1 heterocycles. The Morgan fingerprint density at radius 2 is 2.04 bits per heavy atom. The van der Waals surface area contributed by atoms with Crippen molar-refractivity contribution in [1.82, 2.24) is 20.0 Å². The molecular formula is C19H26N6. The second kappa shape index (κ2) is 8.34. The van der Waals surface area contributed by atoms with Gasteiger partial charge >= 0.3 is 0 Å². The lowest BCUT2D eigenvalue weighted by Gasteiger charge is -2.22. The molecule has 0 atom stereocenters. The molecule has 0 aliphatic heterocycles. The fraction of sp³-hybridized carbons (Fsp3) is 0.421. The summed E-state index contributed by atoms with van der Waals surface area (Å²) in [6, 6.07) is 9.70. The molecule has 6 heteroatoms. The molecule has 0 radical (unpaired) electrons. The number of hydrogen-bond donors (Lipinski definition) is 1. The number of nitrogens with one attached hydrogen (secondary N) is 1. The Kier molecular flexibility index (Phi) is 6.18. The monoisotopic (exact) mass is 338 g/mol. The van der Waals surface area contributed by atoms with Gasteiger partial charge in [-0.15, -0.1) is 0 Å². The Hall–Kier alpha value is -2.81. The van der Waals surface area contributed by atoms with Crippen LogP contribution in [0.4, 0.5) is 0 Å². The number of aromatic nitrogens is 2. The molecule has 6 nitrogen and oxygen atoms in total. The summed E-state index contributed by atoms with van der Waals surface area (Å²) in [5.41, 5.74) is 4.11. The molecule has 1 aromatic heterocycles. The van der Waals surface area contributed by atoms with Crippen LogP contribution in [0.25, 0.3) is 0 Å². The molecule has 0 bridgehead atoms. The second-order valence-corrected chi connectivity index (χ2v) is 6.43. The molecule has 2 aromatic rings. The number of aryl methyl sites for hydroxylation is 1. The highest BCUT2D eigenvalue weighted by atomic mass is 15.3. The molecule has 0 saturated heterocycles. The van der Waals surface area contributed by atoms with E-state index >= 15 is 0 Å². The summed E-state index contributed by atoms with van der Waals surface area (Å²) in [6.07, 6.45) is 2.07. The van der Waals surface area contributed by atoms with Crippen LogP contribution in [-0.4, -0.2) is 34.7 Å². The summed E-state index contributed by atoms with van der Waals surface area (Å²) in [5.74, 6) is 1.21. The van der Waals surface area contributed by atoms with Crippen LogP contribution in [0.5, 0.6) is 0 Å². The van der Waals surface area contributed by atoms with Gasteiger partial charge in [-0.1, -0.05) is 26.0 Å². The molecule has 0 saturated carbocycles. The Labute approximate surface area is 149 Å². The first kappa shape index (κ1) is 18.5. The van der Waals surface area contributed by atoms with Crippen molar-refractivity contribution >= 4 is 5.96 Å². The SMILES string of the molecule is CN=C(NCc1ccc(C#N)cc1)N(C)Cc1cn(C)nc1C(C)C. The van der Waals surface area contributed by atoms with Gasteiger partial charge in [0.15, 0.2) is 5.96 Å². The van der Waals surface area contributed by atoms with Crippen molar-refractivity contribution in [1.29, 1.82) is 5.26 Å². The van der Waals surface area contributed by atoms with Crippen molar-refractivity contribution in [3.8, 4) is 6.07 Å². The minimum absolute atomic E-state index is 0.387. The van der Waals surface area contributed by atoms with Crippen LogP contribution in [-0.2, 0) is 20.1 Å². The van der Waals surface area contributed by atoms with Crippen molar-refractivity contribution in [2.45, 2.75) is 32.9 Å². The van der Waals surface area contributed by atoms with Crippen molar-refractivity contribution < 1.29 is 0 Å². The summed E-state index contributed by atoms with van der Waals surface area (Å²) in [4.78, 5) is 6.46. The third-order valence-corrected chi connectivity index (χ3v) is 4.00. The minimum Gasteiger partial charge on any atom is -0.352 e. The number of rotatable bonds is 5. The second-order valence-electron chi connectivity index (χ2n) is 6.43. The van der Waals surface area contributed by atoms with E-state index in [0.717, 1.165) is 23.8 Å². The topological polar surface area (TPSA) is 69.2 Å². The zero-order chi connectivity index (χ0) is 18.4. The number of aliphatic imine (C=N–C) groups is 1. The minimum atomic E-state index is 0.387. The van der Waals surface area contributed by atoms with Crippen molar-refractivity contribution in [2.24, 2.45) is 12.0 Å². The lowest BCUT2D eigenvalue weighted by Crippen LogP contribution is -2.38. The third-order valence-electron chi connectivity index (χ3n) is 4.00. The van der Waals surface area contributed by atoms with E-state index in [4.69, 9.17) is 5.26 Å². The molecule has 0 spiro atoms. The summed E-state index contributed by atoms with van der Waals surface area (Å²) in [7, 11) is 5.75. The molecule has 1 N–H and O–H groups in total. The van der Waals surface area contributed by atoms with Crippen molar-refractivity contribution in [3.05, 3.63) is 52.8 Å². The van der Waals surface area contributed by atoms with Crippen molar-refractivity contribution in [2.75, 3.05) is 14.1 Å². The summed E-state index contributed by atoms with van der Waals surface area (Å²) >= 11 is 0. The molecule has 0 fully saturated rings. The largest absolute Gasteiger partial charge is 0.352 e. The molecule has 0 unspecified atom stereocenters. The van der Waals surface area contributed by atoms with Gasteiger partial charge in [-0.2, -0.15) is 10.4 Å². The first-order valence-corrected chi connectivity index (χ1v) is 8.37. The third kappa shape index (κ3) is 4.83. The lowest BCUT2D eigenvalue weighted by molar-refractivity contribution is 0.473. The fourth-order valence-corrected chi connectivity index (χ4v) is 2.76. The quantitative estimate of drug-likeness (QED) is 0.672. The van der Waals surface area contributed by atoms with Gasteiger partial charge in [0.05, 0.1) is 17.3 Å². The number of benzene rings is 1. The van der Waals surface area contributed by atoms with Gasteiger partial charge in [-0.05, 0) is 23.6 Å². The molecular weight excluding hydrogens is 312 g/mol. The van der Waals surface area contributed by atoms with Crippen LogP contribution in [0.3, 0.4) is 0 Å². The van der Waals surface area contributed by atoms with Crippen LogP contribution >= 0.6 is 0 Å². The Bertz CT molecular complexity index is 764. The first-order valence-electron chi connectivity index (χ1n) is 8.37. The molecule has 25 heavy (non-hydrogen) atoms. The van der Waals surface area contributed by atoms with Crippen LogP contribution in [0.15, 0.2) is 35.5 Å². The van der Waals surface area contributed by atoms with Gasteiger partial charge in [0, 0.05) is 46.0 Å². The Morgan fingerprint density at radius 1 is 1.36 bits per heavy atom. The summed E-state index contributed by atoms with van der Waals surface area (Å²) in [5, 5.41) is 16.8. The molecule has 0 aliphatic rings. The van der Waals surface area contributed by atoms with E-state index in [9.17, 15) is 0 Å². The fourth-order valence-electron chi connectivity index (χ4n) is 2.76. The number of nitriles is 1. The van der Waals surface area contributed by atoms with E-state index < -0.39 is 0 Å². The Balaban J connectivity index is 2.01. The van der Waals surface area contributed by atoms with E-state index in [1.165, 1.54) is 5.56 Å². The number of nitrogens with zero attached hydrogens (tertiary/aromatic N) is 5. The van der Waals surface area contributed by atoms with E-state index in [1.54, 1.807) is 7.05 Å². The van der Waals surface area contributed by atoms with Crippen LogP contribution in [0.1, 0.15) is 42.1 Å². The first-order chi connectivity index (χ1) is 11.9. The average Bonchev–Trinajstić information content (AvgIpc) is 2.96. The molecule has 0 amide bonds. The van der Waals surface area contributed by atoms with Crippen molar-refractivity contribution in [3.63, 3.8) is 0 Å². The lowest BCUT2D eigenvalue weighted by atomic mass is 10.1. The van der Waals surface area contributed by atoms with Crippen LogP contribution < -0.4 is 5.32 Å². The molecule has 132 valence electrons. The predicted molar refractivity (Wildman–Crippen MR) is 100 cm³/mol. The van der Waals surface area contributed by atoms with Gasteiger partial charge in [-0.3, -0.25) is 9.67 Å². The highest BCUT2D eigenvalue weighted by molar-refractivity contribution is 5.79. The van der Waals surface area contributed by atoms with Gasteiger partial charge < -0.3 is 10.2 Å². The van der Waals surface area contributed by atoms with Gasteiger partial charge in [0.1, 0.15) is 0 Å². The normalized spacial score (nSPS) is 11.5. The number of guanidine groups is 1. The zero-order valence-corrected chi connectivity index (χ0v) is 15.6. The van der Waals surface area contributed by atoms with Crippen LogP contribution in [0.2, 0.25) is 0 Å². The predicted octanol–water partition coefficient (Wildman–Crippen LogP) is 2.62. The summed E-state index contributed by atoms with van der Waals surface area (Å²) in [6.45, 7) is 5.72. The van der Waals surface area contributed by atoms with Gasteiger partial charge in [0.2, 0.25) is 0 Å². The van der Waals surface area contributed by atoms with Crippen LogP contribution in [0, 0.1) is 11.3 Å². The zero-order valence-electron chi connectivity index (χ0n) is 15.6. The van der Waals surface area contributed by atoms with E-state index in [0.29, 0.717) is 18.0 Å². The van der Waals surface area contributed by atoms with Gasteiger partial charge in [0.25, 0.3) is 0 Å². The highest BCUT2D eigenvalue weighted by Crippen LogP contribution is 2.18. The van der Waals surface area contributed by atoms with E-state index in [-0.39, 0.29) is 0 Å². The Morgan fingerprint density at radius 3 is 2.60 bits per heavy atom. The smallest absolute Gasteiger partial charge is 0.193 e. The summed E-state index contributed by atoms with van der Waals surface area (Å²) < 4.78 is 1.87. The maximum Gasteiger partial charge on any atom is 0.193 e. The standard InChI is InChI=1S/C19H26N6/c1-14(2)18-17(13-25(5)23-18)12-24(4)19(21-3)22-11-16-8-6-15(10-20)7-9-16/h6-9,13-14H,11-12H2,1-5H3,(H,21,22). The van der Waals surface area contributed by atoms with E-state index in [1.807, 2.05) is 43.0 Å². The maximum absolute atomic E-state index is 8.86. The molecule has 1 aromatic carbocycles. The average molecular weight is 338 g/mol. The van der Waals surface area contributed by atoms with Gasteiger partial charge in [-0.25, -0.2) is 0 Å². The molecule has 0 aliphatic carbocycles. The van der Waals surface area contributed by atoms with E-state index in [2.05, 4.69) is 46.4 Å².